The third-order valence-electron chi connectivity index (χ3n) is 5.31. The van der Waals surface area contributed by atoms with Crippen LogP contribution in [0.3, 0.4) is 0 Å². The molecule has 0 aliphatic heterocycles. The van der Waals surface area contributed by atoms with Crippen molar-refractivity contribution in [3.63, 3.8) is 0 Å². The molecule has 4 rings (SSSR count). The lowest BCUT2D eigenvalue weighted by atomic mass is 9.97. The van der Waals surface area contributed by atoms with Gasteiger partial charge in [0, 0.05) is 0 Å². The second kappa shape index (κ2) is 8.19. The van der Waals surface area contributed by atoms with E-state index in [-0.39, 0.29) is 0 Å². The number of rotatable bonds is 5. The number of halogens is 3. The highest BCUT2D eigenvalue weighted by Crippen LogP contribution is 2.32. The van der Waals surface area contributed by atoms with Crippen LogP contribution in [0.15, 0.2) is 97.6 Å². The number of fused-ring (bicyclic) bond motifs is 1. The van der Waals surface area contributed by atoms with Gasteiger partial charge >= 0.3 is 6.18 Å². The van der Waals surface area contributed by atoms with Gasteiger partial charge in [-0.1, -0.05) is 72.8 Å². The minimum absolute atomic E-state index is 0.633. The van der Waals surface area contributed by atoms with Crippen LogP contribution in [0.2, 0.25) is 0 Å². The first-order valence-corrected chi connectivity index (χ1v) is 9.86. The van der Waals surface area contributed by atoms with Crippen LogP contribution in [0.1, 0.15) is 17.5 Å². The molecular formula is C27H21F3. The van der Waals surface area contributed by atoms with Crippen molar-refractivity contribution in [3.8, 4) is 22.3 Å². The van der Waals surface area contributed by atoms with Crippen molar-refractivity contribution in [3.05, 3.63) is 109 Å². The van der Waals surface area contributed by atoms with Gasteiger partial charge in [0.15, 0.2) is 0 Å². The normalized spacial score (nSPS) is 11.6. The van der Waals surface area contributed by atoms with Gasteiger partial charge in [0.1, 0.15) is 0 Å². The monoisotopic (exact) mass is 402 g/mol. The minimum atomic E-state index is -4.31. The van der Waals surface area contributed by atoms with Gasteiger partial charge in [-0.2, -0.15) is 13.2 Å². The molecule has 0 radical (unpaired) electrons. The van der Waals surface area contributed by atoms with Crippen LogP contribution in [0, 0.1) is 0 Å². The largest absolute Gasteiger partial charge is 0.416 e. The van der Waals surface area contributed by atoms with Gasteiger partial charge in [0.25, 0.3) is 0 Å². The summed E-state index contributed by atoms with van der Waals surface area (Å²) in [4.78, 5) is 0. The molecule has 0 fully saturated rings. The van der Waals surface area contributed by atoms with Crippen molar-refractivity contribution in [1.29, 1.82) is 0 Å². The molecule has 0 unspecified atom stereocenters. The van der Waals surface area contributed by atoms with E-state index in [0.717, 1.165) is 47.2 Å². The molecule has 0 amide bonds. The summed E-state index contributed by atoms with van der Waals surface area (Å²) < 4.78 is 38.2. The highest BCUT2D eigenvalue weighted by Gasteiger charge is 2.29. The molecule has 0 aromatic heterocycles. The van der Waals surface area contributed by atoms with E-state index < -0.39 is 11.7 Å². The van der Waals surface area contributed by atoms with Crippen molar-refractivity contribution in [1.82, 2.24) is 0 Å². The lowest BCUT2D eigenvalue weighted by Gasteiger charge is -2.09. The lowest BCUT2D eigenvalue weighted by molar-refractivity contribution is -0.137. The van der Waals surface area contributed by atoms with Crippen LogP contribution in [0.25, 0.3) is 33.0 Å². The predicted molar refractivity (Wildman–Crippen MR) is 118 cm³/mol. The van der Waals surface area contributed by atoms with Gasteiger partial charge in [-0.15, -0.1) is 6.58 Å². The van der Waals surface area contributed by atoms with Crippen molar-refractivity contribution in [2.75, 3.05) is 0 Å². The Morgan fingerprint density at radius 2 is 1.13 bits per heavy atom. The average molecular weight is 402 g/mol. The number of allylic oxidation sites excluding steroid dienone is 1. The first-order valence-electron chi connectivity index (χ1n) is 9.86. The Balaban J connectivity index is 1.57. The number of hydrogen-bond acceptors (Lipinski definition) is 0. The molecule has 0 saturated heterocycles. The van der Waals surface area contributed by atoms with Crippen LogP contribution in [0.5, 0.6) is 0 Å². The maximum atomic E-state index is 12.7. The van der Waals surface area contributed by atoms with E-state index in [1.807, 2.05) is 30.3 Å². The molecule has 0 spiro atoms. The van der Waals surface area contributed by atoms with E-state index in [9.17, 15) is 13.2 Å². The molecule has 0 bridgehead atoms. The number of aryl methyl sites for hydroxylation is 1. The molecule has 3 heteroatoms. The molecular weight excluding hydrogens is 381 g/mol. The van der Waals surface area contributed by atoms with Crippen molar-refractivity contribution >= 4 is 10.8 Å². The van der Waals surface area contributed by atoms with Crippen molar-refractivity contribution in [2.24, 2.45) is 0 Å². The first-order chi connectivity index (χ1) is 14.4. The Kier molecular flexibility index (Phi) is 5.45. The fourth-order valence-corrected chi connectivity index (χ4v) is 3.61. The summed E-state index contributed by atoms with van der Waals surface area (Å²) in [5.41, 5.74) is 4.51. The van der Waals surface area contributed by atoms with E-state index in [1.54, 1.807) is 0 Å². The number of alkyl halides is 3. The SMILES string of the molecule is C=CCCc1ccc2cc(-c3ccc(-c4ccc(C(F)(F)F)cc4)cc3)ccc2c1. The highest BCUT2D eigenvalue weighted by molar-refractivity contribution is 5.88. The molecule has 0 heterocycles. The van der Waals surface area contributed by atoms with Crippen LogP contribution < -0.4 is 0 Å². The fraction of sp³-hybridized carbons (Fsp3) is 0.111. The van der Waals surface area contributed by atoms with Crippen LogP contribution >= 0.6 is 0 Å². The Labute approximate surface area is 174 Å². The van der Waals surface area contributed by atoms with Gasteiger partial charge in [-0.05, 0) is 69.6 Å². The summed E-state index contributed by atoms with van der Waals surface area (Å²) in [5.74, 6) is 0. The Morgan fingerprint density at radius 3 is 1.73 bits per heavy atom. The standard InChI is InChI=1S/C27H21F3/c1-2-3-4-19-5-6-25-18-24(12-11-23(25)17-19)22-9-7-20(8-10-22)21-13-15-26(16-14-21)27(28,29)30/h2,5-18H,1,3-4H2. The topological polar surface area (TPSA) is 0 Å². The molecule has 0 nitrogen and oxygen atoms in total. The third-order valence-corrected chi connectivity index (χ3v) is 5.31. The highest BCUT2D eigenvalue weighted by atomic mass is 19.4. The van der Waals surface area contributed by atoms with Gasteiger partial charge in [0.05, 0.1) is 5.56 Å². The van der Waals surface area contributed by atoms with Crippen molar-refractivity contribution < 1.29 is 13.2 Å². The van der Waals surface area contributed by atoms with E-state index in [2.05, 4.69) is 43.0 Å². The van der Waals surface area contributed by atoms with Gasteiger partial charge in [-0.25, -0.2) is 0 Å². The average Bonchev–Trinajstić information content (AvgIpc) is 2.77. The maximum Gasteiger partial charge on any atom is 0.416 e. The van der Waals surface area contributed by atoms with Crippen LogP contribution in [-0.4, -0.2) is 0 Å². The third kappa shape index (κ3) is 4.30. The molecule has 0 atom stereocenters. The quantitative estimate of drug-likeness (QED) is 0.294. The van der Waals surface area contributed by atoms with Crippen LogP contribution in [0.4, 0.5) is 13.2 Å². The summed E-state index contributed by atoms with van der Waals surface area (Å²) in [6.07, 6.45) is -0.423. The number of benzene rings is 4. The summed E-state index contributed by atoms with van der Waals surface area (Å²) >= 11 is 0. The van der Waals surface area contributed by atoms with Gasteiger partial charge < -0.3 is 0 Å². The first kappa shape index (κ1) is 20.0. The lowest BCUT2D eigenvalue weighted by Crippen LogP contribution is -2.03. The fourth-order valence-electron chi connectivity index (χ4n) is 3.61. The molecule has 0 saturated carbocycles. The Morgan fingerprint density at radius 1 is 0.633 bits per heavy atom. The molecule has 4 aromatic rings. The summed E-state index contributed by atoms with van der Waals surface area (Å²) in [6.45, 7) is 3.78. The smallest absolute Gasteiger partial charge is 0.166 e. The van der Waals surface area contributed by atoms with E-state index in [1.165, 1.54) is 28.5 Å². The minimum Gasteiger partial charge on any atom is -0.166 e. The van der Waals surface area contributed by atoms with E-state index in [4.69, 9.17) is 0 Å². The van der Waals surface area contributed by atoms with E-state index in [0.29, 0.717) is 0 Å². The second-order valence-corrected chi connectivity index (χ2v) is 7.38. The zero-order chi connectivity index (χ0) is 21.1. The zero-order valence-corrected chi connectivity index (χ0v) is 16.4. The summed E-state index contributed by atoms with van der Waals surface area (Å²) in [7, 11) is 0. The summed E-state index contributed by atoms with van der Waals surface area (Å²) in [6, 6.07) is 26.1. The Hall–Kier alpha value is -3.33. The molecule has 0 N–H and O–H groups in total. The maximum absolute atomic E-state index is 12.7. The predicted octanol–water partition coefficient (Wildman–Crippen LogP) is 8.31. The van der Waals surface area contributed by atoms with Crippen molar-refractivity contribution in [2.45, 2.75) is 19.0 Å². The summed E-state index contributed by atoms with van der Waals surface area (Å²) in [5, 5.41) is 2.39. The molecule has 150 valence electrons. The molecule has 4 aromatic carbocycles. The zero-order valence-electron chi connectivity index (χ0n) is 16.4. The van der Waals surface area contributed by atoms with Gasteiger partial charge in [0.2, 0.25) is 0 Å². The van der Waals surface area contributed by atoms with Gasteiger partial charge in [-0.3, -0.25) is 0 Å². The number of hydrogen-bond donors (Lipinski definition) is 0. The molecule has 0 aliphatic carbocycles. The Bertz CT molecular complexity index is 1170. The molecule has 30 heavy (non-hydrogen) atoms. The second-order valence-electron chi connectivity index (χ2n) is 7.38. The van der Waals surface area contributed by atoms with E-state index >= 15 is 0 Å². The van der Waals surface area contributed by atoms with Crippen LogP contribution in [-0.2, 0) is 12.6 Å². The molecule has 0 aliphatic rings.